The van der Waals surface area contributed by atoms with Crippen LogP contribution in [0.15, 0.2) is 30.3 Å². The zero-order valence-electron chi connectivity index (χ0n) is 9.86. The van der Waals surface area contributed by atoms with Gasteiger partial charge in [0.25, 0.3) is 0 Å². The molecular weight excluding hydrogens is 234 g/mol. The number of thiocarbonyl (C=S) groups is 1. The molecule has 0 aliphatic rings. The zero-order chi connectivity index (χ0) is 12.0. The third-order valence-electron chi connectivity index (χ3n) is 3.11. The van der Waals surface area contributed by atoms with Gasteiger partial charge in [0, 0.05) is 5.54 Å². The van der Waals surface area contributed by atoms with Crippen LogP contribution in [0.5, 0.6) is 0 Å². The maximum Gasteiger partial charge on any atom is 0.131 e. The third kappa shape index (κ3) is 3.80. The van der Waals surface area contributed by atoms with Crippen LogP contribution in [0.4, 0.5) is 0 Å². The monoisotopic (exact) mass is 253 g/mol. The van der Waals surface area contributed by atoms with Gasteiger partial charge in [0.1, 0.15) is 4.32 Å². The van der Waals surface area contributed by atoms with Crippen molar-refractivity contribution in [1.82, 2.24) is 5.32 Å². The highest BCUT2D eigenvalue weighted by atomic mass is 32.1. The molecule has 0 saturated heterocycles. The van der Waals surface area contributed by atoms with E-state index in [9.17, 15) is 0 Å². The van der Waals surface area contributed by atoms with E-state index < -0.39 is 0 Å². The summed E-state index contributed by atoms with van der Waals surface area (Å²) in [5.74, 6) is 0. The molecule has 3 heteroatoms. The van der Waals surface area contributed by atoms with Gasteiger partial charge in [-0.25, -0.2) is 0 Å². The van der Waals surface area contributed by atoms with E-state index in [2.05, 4.69) is 56.1 Å². The van der Waals surface area contributed by atoms with E-state index in [1.165, 1.54) is 5.56 Å². The van der Waals surface area contributed by atoms with Gasteiger partial charge >= 0.3 is 0 Å². The normalized spacial score (nSPS) is 11.2. The highest BCUT2D eigenvalue weighted by molar-refractivity contribution is 8.11. The van der Waals surface area contributed by atoms with Gasteiger partial charge < -0.3 is 5.32 Å². The Morgan fingerprint density at radius 3 is 2.25 bits per heavy atom. The topological polar surface area (TPSA) is 12.0 Å². The number of hydrogen-bond donors (Lipinski definition) is 2. The van der Waals surface area contributed by atoms with Crippen LogP contribution in [0.2, 0.25) is 0 Å². The van der Waals surface area contributed by atoms with Crippen molar-refractivity contribution in [3.63, 3.8) is 0 Å². The Morgan fingerprint density at radius 2 is 1.81 bits per heavy atom. The van der Waals surface area contributed by atoms with Crippen LogP contribution in [0.25, 0.3) is 0 Å². The second-order valence-electron chi connectivity index (χ2n) is 4.08. The highest BCUT2D eigenvalue weighted by Gasteiger charge is 2.26. The quantitative estimate of drug-likeness (QED) is 0.614. The molecule has 16 heavy (non-hydrogen) atoms. The minimum Gasteiger partial charge on any atom is -0.365 e. The molecule has 1 rings (SSSR count). The molecule has 0 unspecified atom stereocenters. The molecular formula is C13H19NS2. The molecule has 0 aromatic heterocycles. The molecule has 0 atom stereocenters. The molecule has 0 heterocycles. The smallest absolute Gasteiger partial charge is 0.131 e. The third-order valence-corrected chi connectivity index (χ3v) is 3.32. The van der Waals surface area contributed by atoms with Gasteiger partial charge in [0.15, 0.2) is 0 Å². The fraction of sp³-hybridized carbons (Fsp3) is 0.462. The van der Waals surface area contributed by atoms with Crippen LogP contribution < -0.4 is 5.32 Å². The maximum atomic E-state index is 5.05. The predicted molar refractivity (Wildman–Crippen MR) is 78.2 cm³/mol. The lowest BCUT2D eigenvalue weighted by Crippen LogP contribution is -2.47. The van der Waals surface area contributed by atoms with E-state index in [0.29, 0.717) is 4.32 Å². The van der Waals surface area contributed by atoms with E-state index >= 15 is 0 Å². The predicted octanol–water partition coefficient (Wildman–Crippen LogP) is 3.59. The van der Waals surface area contributed by atoms with Crippen LogP contribution in [-0.4, -0.2) is 9.86 Å². The summed E-state index contributed by atoms with van der Waals surface area (Å²) in [7, 11) is 0. The molecule has 1 aromatic carbocycles. The van der Waals surface area contributed by atoms with Crippen LogP contribution >= 0.6 is 24.8 Å². The average Bonchev–Trinajstić information content (AvgIpc) is 2.29. The molecule has 0 fully saturated rings. The Labute approximate surface area is 109 Å². The molecule has 0 spiro atoms. The van der Waals surface area contributed by atoms with Crippen LogP contribution in [0.1, 0.15) is 32.3 Å². The summed E-state index contributed by atoms with van der Waals surface area (Å²) in [5.41, 5.74) is 1.38. The summed E-state index contributed by atoms with van der Waals surface area (Å²) in [6.45, 7) is 4.37. The first-order valence-electron chi connectivity index (χ1n) is 5.67. The van der Waals surface area contributed by atoms with Crippen molar-refractivity contribution in [3.8, 4) is 0 Å². The van der Waals surface area contributed by atoms with E-state index in [4.69, 9.17) is 12.2 Å². The van der Waals surface area contributed by atoms with Crippen molar-refractivity contribution in [2.24, 2.45) is 0 Å². The number of rotatable bonds is 5. The summed E-state index contributed by atoms with van der Waals surface area (Å²) in [4.78, 5) is 0. The first-order valence-corrected chi connectivity index (χ1v) is 6.52. The maximum absolute atomic E-state index is 5.05. The summed E-state index contributed by atoms with van der Waals surface area (Å²) >= 11 is 9.23. The molecule has 0 radical (unpaired) electrons. The van der Waals surface area contributed by atoms with Gasteiger partial charge in [0.05, 0.1) is 0 Å². The van der Waals surface area contributed by atoms with Gasteiger partial charge in [-0.2, -0.15) is 0 Å². The molecule has 1 N–H and O–H groups in total. The van der Waals surface area contributed by atoms with Crippen molar-refractivity contribution in [2.75, 3.05) is 0 Å². The Morgan fingerprint density at radius 1 is 1.25 bits per heavy atom. The Hall–Kier alpha value is -0.540. The highest BCUT2D eigenvalue weighted by Crippen LogP contribution is 2.21. The minimum atomic E-state index is 0.0419. The summed E-state index contributed by atoms with van der Waals surface area (Å²) in [6, 6.07) is 10.5. The van der Waals surface area contributed by atoms with Gasteiger partial charge in [0.2, 0.25) is 0 Å². The van der Waals surface area contributed by atoms with Crippen LogP contribution in [0, 0.1) is 0 Å². The summed E-state index contributed by atoms with van der Waals surface area (Å²) < 4.78 is 0.583. The number of nitrogens with one attached hydrogen (secondary N) is 1. The molecule has 0 aliphatic heterocycles. The van der Waals surface area contributed by atoms with Gasteiger partial charge in [-0.05, 0) is 24.8 Å². The first-order chi connectivity index (χ1) is 7.62. The second kappa shape index (κ2) is 6.26. The Kier molecular flexibility index (Phi) is 5.29. The Balaban J connectivity index is 2.82. The van der Waals surface area contributed by atoms with Crippen molar-refractivity contribution in [1.29, 1.82) is 0 Å². The lowest BCUT2D eigenvalue weighted by atomic mass is 9.86. The fourth-order valence-corrected chi connectivity index (χ4v) is 2.39. The van der Waals surface area contributed by atoms with Crippen molar-refractivity contribution in [3.05, 3.63) is 35.9 Å². The Bertz CT molecular complexity index is 331. The standard InChI is InChI=1S/C13H19NS2/c1-3-13(4-2,14-12(15)16)10-11-8-6-5-7-9-11/h5-9H,3-4,10H2,1-2H3,(H2,14,15,16). The summed E-state index contributed by atoms with van der Waals surface area (Å²) in [6.07, 6.45) is 3.07. The molecule has 88 valence electrons. The summed E-state index contributed by atoms with van der Waals surface area (Å²) in [5, 5.41) is 3.34. The largest absolute Gasteiger partial charge is 0.365 e. The van der Waals surface area contributed by atoms with E-state index in [1.54, 1.807) is 0 Å². The zero-order valence-corrected chi connectivity index (χ0v) is 11.6. The van der Waals surface area contributed by atoms with Crippen molar-refractivity contribution < 1.29 is 0 Å². The molecule has 0 bridgehead atoms. The molecule has 0 aliphatic carbocycles. The lowest BCUT2D eigenvalue weighted by molar-refractivity contribution is 0.353. The molecule has 0 saturated carbocycles. The van der Waals surface area contributed by atoms with Gasteiger partial charge in [-0.15, -0.1) is 12.6 Å². The fourth-order valence-electron chi connectivity index (χ4n) is 1.93. The average molecular weight is 253 g/mol. The van der Waals surface area contributed by atoms with Crippen LogP contribution in [0.3, 0.4) is 0 Å². The first kappa shape index (κ1) is 13.5. The van der Waals surface area contributed by atoms with E-state index in [0.717, 1.165) is 19.3 Å². The molecule has 1 aromatic rings. The van der Waals surface area contributed by atoms with Crippen molar-refractivity contribution >= 4 is 29.2 Å². The number of hydrogen-bond acceptors (Lipinski definition) is 1. The number of thiol groups is 1. The van der Waals surface area contributed by atoms with E-state index in [-0.39, 0.29) is 5.54 Å². The minimum absolute atomic E-state index is 0.0419. The van der Waals surface area contributed by atoms with Gasteiger partial charge in [-0.3, -0.25) is 0 Å². The second-order valence-corrected chi connectivity index (χ2v) is 5.24. The number of benzene rings is 1. The molecule has 0 amide bonds. The van der Waals surface area contributed by atoms with E-state index in [1.807, 2.05) is 6.07 Å². The molecule has 1 nitrogen and oxygen atoms in total. The lowest BCUT2D eigenvalue weighted by Gasteiger charge is -2.33. The van der Waals surface area contributed by atoms with Crippen molar-refractivity contribution in [2.45, 2.75) is 38.6 Å². The van der Waals surface area contributed by atoms with Gasteiger partial charge in [-0.1, -0.05) is 56.4 Å². The SMILES string of the molecule is CCC(CC)(Cc1ccccc1)NC(=S)S. The van der Waals surface area contributed by atoms with Crippen LogP contribution in [-0.2, 0) is 6.42 Å².